The van der Waals surface area contributed by atoms with E-state index in [2.05, 4.69) is 48.1 Å². The van der Waals surface area contributed by atoms with Gasteiger partial charge in [-0.2, -0.15) is 10.2 Å². The summed E-state index contributed by atoms with van der Waals surface area (Å²) in [4.78, 5) is 14.5. The van der Waals surface area contributed by atoms with Crippen LogP contribution in [0.4, 0.5) is 11.5 Å². The van der Waals surface area contributed by atoms with Crippen molar-refractivity contribution in [2.45, 2.75) is 88.3 Å². The van der Waals surface area contributed by atoms with Crippen LogP contribution in [0.2, 0.25) is 0 Å². The molecule has 40 heavy (non-hydrogen) atoms. The summed E-state index contributed by atoms with van der Waals surface area (Å²) < 4.78 is 12.7. The molecule has 0 bridgehead atoms. The first-order chi connectivity index (χ1) is 19.4. The number of nitriles is 1. The van der Waals surface area contributed by atoms with Gasteiger partial charge < -0.3 is 19.9 Å². The molecule has 3 atom stereocenters. The van der Waals surface area contributed by atoms with Crippen LogP contribution in [0.15, 0.2) is 22.7 Å². The maximum atomic E-state index is 10.0. The normalized spacial score (nSPS) is 24.5. The molecule has 1 aromatic carbocycles. The Morgan fingerprint density at radius 2 is 2.05 bits per heavy atom. The van der Waals surface area contributed by atoms with Crippen molar-refractivity contribution in [2.24, 2.45) is 0 Å². The van der Waals surface area contributed by atoms with Gasteiger partial charge in [0.15, 0.2) is 17.3 Å². The fourth-order valence-corrected chi connectivity index (χ4v) is 7.47. The Bertz CT molecular complexity index is 1510. The Morgan fingerprint density at radius 3 is 2.80 bits per heavy atom. The van der Waals surface area contributed by atoms with Gasteiger partial charge in [0.2, 0.25) is 5.88 Å². The summed E-state index contributed by atoms with van der Waals surface area (Å²) in [5, 5.41) is 14.7. The lowest BCUT2D eigenvalue weighted by molar-refractivity contribution is 0.117. The number of rotatable bonds is 6. The molecule has 3 heterocycles. The molecule has 208 valence electrons. The molecule has 3 aliphatic carbocycles. The minimum atomic E-state index is -0.391. The van der Waals surface area contributed by atoms with E-state index in [4.69, 9.17) is 25.0 Å². The van der Waals surface area contributed by atoms with Gasteiger partial charge in [-0.1, -0.05) is 11.2 Å². The molecule has 1 saturated heterocycles. The number of fused-ring (bicyclic) bond motifs is 4. The molecule has 4 aliphatic rings. The monoisotopic (exact) mass is 539 g/mol. The van der Waals surface area contributed by atoms with Crippen LogP contribution in [0, 0.1) is 11.3 Å². The third-order valence-corrected chi connectivity index (χ3v) is 9.77. The number of nitrogens with two attached hydrogens (primary N) is 1. The van der Waals surface area contributed by atoms with Gasteiger partial charge in [-0.05, 0) is 95.5 Å². The highest BCUT2D eigenvalue weighted by atomic mass is 16.5. The number of anilines is 2. The molecule has 2 aromatic heterocycles. The van der Waals surface area contributed by atoms with Crippen molar-refractivity contribution < 1.29 is 9.26 Å². The van der Waals surface area contributed by atoms with Gasteiger partial charge in [0, 0.05) is 36.4 Å². The molecule has 7 rings (SSSR count). The average molecular weight is 540 g/mol. The van der Waals surface area contributed by atoms with E-state index in [9.17, 15) is 5.26 Å². The molecule has 0 radical (unpaired) electrons. The van der Waals surface area contributed by atoms with E-state index in [0.717, 1.165) is 67.8 Å². The van der Waals surface area contributed by atoms with Crippen LogP contribution in [0.5, 0.6) is 5.88 Å². The number of ether oxygens (including phenoxy) is 1. The molecule has 2 N–H and O–H groups in total. The van der Waals surface area contributed by atoms with Crippen LogP contribution in [-0.2, 0) is 18.3 Å². The smallest absolute Gasteiger partial charge is 0.219 e. The van der Waals surface area contributed by atoms with Crippen LogP contribution in [-0.4, -0.2) is 58.9 Å². The SMILES string of the molecule is CC(Oc1cc(N(C)C2CC2)nc(-c2noc3c2CCCC32CCc3ccc(N)c(C#N)c32)n1)C1CCCN1C. The summed E-state index contributed by atoms with van der Waals surface area (Å²) in [5.74, 6) is 2.82. The third kappa shape index (κ3) is 3.95. The summed E-state index contributed by atoms with van der Waals surface area (Å²) in [7, 11) is 4.26. The predicted octanol–water partition coefficient (Wildman–Crippen LogP) is 4.61. The molecule has 3 aromatic rings. The number of hydrogen-bond donors (Lipinski definition) is 1. The maximum Gasteiger partial charge on any atom is 0.219 e. The second kappa shape index (κ2) is 9.48. The lowest BCUT2D eigenvalue weighted by Gasteiger charge is -2.33. The van der Waals surface area contributed by atoms with Crippen molar-refractivity contribution in [1.29, 1.82) is 5.26 Å². The largest absolute Gasteiger partial charge is 0.473 e. The Hall–Kier alpha value is -3.64. The highest BCUT2D eigenvalue weighted by molar-refractivity contribution is 5.68. The van der Waals surface area contributed by atoms with Gasteiger partial charge >= 0.3 is 0 Å². The Kier molecular flexibility index (Phi) is 6.00. The van der Waals surface area contributed by atoms with Crippen molar-refractivity contribution in [3.05, 3.63) is 46.2 Å². The number of likely N-dealkylation sites (N-methyl/N-ethyl adjacent to an activating group) is 1. The van der Waals surface area contributed by atoms with Crippen LogP contribution >= 0.6 is 0 Å². The molecular weight excluding hydrogens is 502 g/mol. The molecule has 9 heteroatoms. The first-order valence-corrected chi connectivity index (χ1v) is 14.7. The van der Waals surface area contributed by atoms with E-state index < -0.39 is 5.41 Å². The molecule has 3 unspecified atom stereocenters. The zero-order valence-electron chi connectivity index (χ0n) is 23.6. The van der Waals surface area contributed by atoms with Crippen molar-refractivity contribution >= 4 is 11.5 Å². The Labute approximate surface area is 235 Å². The maximum absolute atomic E-state index is 10.0. The Balaban J connectivity index is 1.30. The molecule has 1 aliphatic heterocycles. The highest BCUT2D eigenvalue weighted by Crippen LogP contribution is 2.54. The van der Waals surface area contributed by atoms with E-state index in [1.807, 2.05) is 12.1 Å². The zero-order chi connectivity index (χ0) is 27.6. The Morgan fingerprint density at radius 1 is 1.20 bits per heavy atom. The minimum Gasteiger partial charge on any atom is -0.473 e. The van der Waals surface area contributed by atoms with E-state index in [1.54, 1.807) is 0 Å². The number of nitrogens with zero attached hydrogens (tertiary/aromatic N) is 6. The predicted molar refractivity (Wildman–Crippen MR) is 152 cm³/mol. The number of nitrogen functional groups attached to an aromatic ring is 1. The number of hydrogen-bond acceptors (Lipinski definition) is 9. The lowest BCUT2D eigenvalue weighted by atomic mass is 9.68. The highest BCUT2D eigenvalue weighted by Gasteiger charge is 2.49. The number of likely N-dealkylation sites (tertiary alicyclic amines) is 1. The van der Waals surface area contributed by atoms with Gasteiger partial charge in [-0.3, -0.25) is 4.90 Å². The summed E-state index contributed by atoms with van der Waals surface area (Å²) in [5.41, 5.74) is 10.9. The lowest BCUT2D eigenvalue weighted by Crippen LogP contribution is -2.38. The van der Waals surface area contributed by atoms with Gasteiger partial charge in [0.1, 0.15) is 18.0 Å². The van der Waals surface area contributed by atoms with Crippen molar-refractivity contribution in [1.82, 2.24) is 20.0 Å². The summed E-state index contributed by atoms with van der Waals surface area (Å²) in [6, 6.07) is 9.14. The third-order valence-electron chi connectivity index (χ3n) is 9.77. The first kappa shape index (κ1) is 25.3. The second-order valence-electron chi connectivity index (χ2n) is 12.2. The zero-order valence-corrected chi connectivity index (χ0v) is 23.6. The van der Waals surface area contributed by atoms with Crippen LogP contribution in [0.1, 0.15) is 79.9 Å². The fraction of sp³-hybridized carbons (Fsp3) is 0.548. The van der Waals surface area contributed by atoms with Crippen LogP contribution in [0.3, 0.4) is 0 Å². The number of aryl methyl sites for hydroxylation is 1. The van der Waals surface area contributed by atoms with Crippen LogP contribution in [0.25, 0.3) is 11.5 Å². The number of benzene rings is 1. The van der Waals surface area contributed by atoms with Gasteiger partial charge in [-0.15, -0.1) is 0 Å². The van der Waals surface area contributed by atoms with Crippen LogP contribution < -0.4 is 15.4 Å². The number of aromatic nitrogens is 3. The fourth-order valence-electron chi connectivity index (χ4n) is 7.47. The molecule has 2 fully saturated rings. The summed E-state index contributed by atoms with van der Waals surface area (Å²) >= 11 is 0. The van der Waals surface area contributed by atoms with Gasteiger partial charge in [0.05, 0.1) is 11.0 Å². The van der Waals surface area contributed by atoms with Gasteiger partial charge in [0.25, 0.3) is 0 Å². The topological polar surface area (TPSA) is 117 Å². The summed E-state index contributed by atoms with van der Waals surface area (Å²) in [6.45, 7) is 3.23. The first-order valence-electron chi connectivity index (χ1n) is 14.7. The molecule has 1 saturated carbocycles. The molecule has 0 amide bonds. The molecular formula is C31H37N7O2. The van der Waals surface area contributed by atoms with Crippen molar-refractivity contribution in [3.63, 3.8) is 0 Å². The van der Waals surface area contributed by atoms with E-state index in [1.165, 1.54) is 24.8 Å². The van der Waals surface area contributed by atoms with Crippen molar-refractivity contribution in [3.8, 4) is 23.5 Å². The second-order valence-corrected chi connectivity index (χ2v) is 12.2. The van der Waals surface area contributed by atoms with E-state index >= 15 is 0 Å². The molecule has 1 spiro atoms. The van der Waals surface area contributed by atoms with E-state index in [0.29, 0.717) is 40.7 Å². The van der Waals surface area contributed by atoms with Gasteiger partial charge in [-0.25, -0.2) is 4.98 Å². The molecule has 9 nitrogen and oxygen atoms in total. The minimum absolute atomic E-state index is 0.00803. The summed E-state index contributed by atoms with van der Waals surface area (Å²) in [6.07, 6.45) is 9.14. The van der Waals surface area contributed by atoms with Crippen molar-refractivity contribution in [2.75, 3.05) is 31.3 Å². The standard InChI is InChI=1S/C31H37N7O2/c1-18(24-7-5-15-37(24)2)39-26-16-25(38(3)20-9-10-20)34-30(35-26)28-21-6-4-13-31(29(21)40-36-28)14-12-19-8-11-23(33)22(17-32)27(19)31/h8,11,16,18,20,24H,4-7,9-10,12-15,33H2,1-3H3. The van der Waals surface area contributed by atoms with E-state index in [-0.39, 0.29) is 6.10 Å². The average Bonchev–Trinajstić information content (AvgIpc) is 3.39. The quantitative estimate of drug-likeness (QED) is 0.448.